The van der Waals surface area contributed by atoms with E-state index < -0.39 is 0 Å². The molecule has 0 saturated heterocycles. The summed E-state index contributed by atoms with van der Waals surface area (Å²) in [6.07, 6.45) is 3.83. The van der Waals surface area contributed by atoms with E-state index in [2.05, 4.69) is 38.3 Å². The summed E-state index contributed by atoms with van der Waals surface area (Å²) >= 11 is 4.26. The molecule has 1 atom stereocenters. The van der Waals surface area contributed by atoms with E-state index in [-0.39, 0.29) is 0 Å². The Bertz CT molecular complexity index is 95.8. The van der Waals surface area contributed by atoms with Crippen molar-refractivity contribution in [3.05, 3.63) is 0 Å². The van der Waals surface area contributed by atoms with E-state index in [0.29, 0.717) is 6.04 Å². The molecule has 0 rings (SSSR count). The number of thiol groups is 1. The third-order valence-corrected chi connectivity index (χ3v) is 2.63. The molecule has 0 aliphatic heterocycles. The van der Waals surface area contributed by atoms with E-state index >= 15 is 0 Å². The minimum absolute atomic E-state index is 0.707. The largest absolute Gasteiger partial charge is 0.301 e. The number of nitrogens with zero attached hydrogens (tertiary/aromatic N) is 1. The number of hydrogen-bond donors (Lipinski definition) is 1. The molecule has 0 aliphatic rings. The van der Waals surface area contributed by atoms with Gasteiger partial charge in [0.2, 0.25) is 0 Å². The van der Waals surface area contributed by atoms with Crippen molar-refractivity contribution in [1.82, 2.24) is 4.90 Å². The lowest BCUT2D eigenvalue weighted by molar-refractivity contribution is 0.213. The third-order valence-electron chi connectivity index (χ3n) is 2.38. The van der Waals surface area contributed by atoms with Crippen LogP contribution < -0.4 is 0 Å². The van der Waals surface area contributed by atoms with E-state index in [1.165, 1.54) is 32.4 Å². The lowest BCUT2D eigenvalue weighted by Gasteiger charge is -2.27. The van der Waals surface area contributed by atoms with Crippen molar-refractivity contribution in [1.29, 1.82) is 0 Å². The lowest BCUT2D eigenvalue weighted by atomic mass is 10.2. The summed E-state index contributed by atoms with van der Waals surface area (Å²) in [6, 6.07) is 0.707. The Balaban J connectivity index is 3.62. The molecule has 0 radical (unpaired) electrons. The molecule has 12 heavy (non-hydrogen) atoms. The maximum absolute atomic E-state index is 4.26. The minimum atomic E-state index is 0.707. The van der Waals surface area contributed by atoms with E-state index in [0.717, 1.165) is 5.75 Å². The summed E-state index contributed by atoms with van der Waals surface area (Å²) in [5.41, 5.74) is 0. The highest BCUT2D eigenvalue weighted by Gasteiger charge is 2.09. The van der Waals surface area contributed by atoms with Gasteiger partial charge in [0, 0.05) is 6.04 Å². The van der Waals surface area contributed by atoms with E-state index in [9.17, 15) is 0 Å². The van der Waals surface area contributed by atoms with E-state index in [1.54, 1.807) is 0 Å². The second-order valence-electron chi connectivity index (χ2n) is 3.34. The Morgan fingerprint density at radius 3 is 2.42 bits per heavy atom. The maximum atomic E-state index is 4.26. The fraction of sp³-hybridized carbons (Fsp3) is 1.00. The minimum Gasteiger partial charge on any atom is -0.301 e. The van der Waals surface area contributed by atoms with E-state index in [1.807, 2.05) is 0 Å². The Labute approximate surface area is 82.9 Å². The van der Waals surface area contributed by atoms with Gasteiger partial charge in [0.25, 0.3) is 0 Å². The van der Waals surface area contributed by atoms with Gasteiger partial charge in [-0.3, -0.25) is 0 Å². The van der Waals surface area contributed by atoms with Crippen LogP contribution in [0.25, 0.3) is 0 Å². The van der Waals surface area contributed by atoms with Gasteiger partial charge in [-0.2, -0.15) is 12.6 Å². The van der Waals surface area contributed by atoms with Crippen molar-refractivity contribution >= 4 is 12.6 Å². The molecule has 1 nitrogen and oxygen atoms in total. The molecule has 1 unspecified atom stereocenters. The van der Waals surface area contributed by atoms with Crippen LogP contribution in [0.15, 0.2) is 0 Å². The molecule has 0 bridgehead atoms. The molecule has 2 heteroatoms. The zero-order valence-electron chi connectivity index (χ0n) is 8.71. The number of unbranched alkanes of at least 4 members (excludes halogenated alkanes) is 1. The van der Waals surface area contributed by atoms with Crippen molar-refractivity contribution in [3.63, 3.8) is 0 Å². The van der Waals surface area contributed by atoms with Crippen molar-refractivity contribution in [3.8, 4) is 0 Å². The first-order chi connectivity index (χ1) is 5.76. The van der Waals surface area contributed by atoms with Gasteiger partial charge < -0.3 is 4.90 Å². The van der Waals surface area contributed by atoms with Gasteiger partial charge in [-0.05, 0) is 38.6 Å². The quantitative estimate of drug-likeness (QED) is 0.603. The molecule has 74 valence electrons. The molecule has 0 aromatic rings. The van der Waals surface area contributed by atoms with Gasteiger partial charge in [0.05, 0.1) is 0 Å². The van der Waals surface area contributed by atoms with Gasteiger partial charge in [0.1, 0.15) is 0 Å². The molecule has 0 aliphatic carbocycles. The molecule has 0 fully saturated rings. The summed E-state index contributed by atoms with van der Waals surface area (Å²) < 4.78 is 0. The van der Waals surface area contributed by atoms with Gasteiger partial charge in [-0.15, -0.1) is 0 Å². The SMILES string of the molecule is CCCCN(CC)C(C)CCS. The average Bonchev–Trinajstić information content (AvgIpc) is 2.06. The van der Waals surface area contributed by atoms with Gasteiger partial charge >= 0.3 is 0 Å². The van der Waals surface area contributed by atoms with Crippen LogP contribution in [0.5, 0.6) is 0 Å². The van der Waals surface area contributed by atoms with Crippen LogP contribution >= 0.6 is 12.6 Å². The standard InChI is InChI=1S/C10H23NS/c1-4-6-8-11(5-2)10(3)7-9-12/h10,12H,4-9H2,1-3H3. The predicted molar refractivity (Wildman–Crippen MR) is 60.1 cm³/mol. The van der Waals surface area contributed by atoms with Crippen molar-refractivity contribution < 1.29 is 0 Å². The zero-order chi connectivity index (χ0) is 9.40. The van der Waals surface area contributed by atoms with Crippen LogP contribution in [0.1, 0.15) is 40.0 Å². The van der Waals surface area contributed by atoms with Gasteiger partial charge in [-0.1, -0.05) is 20.3 Å². The van der Waals surface area contributed by atoms with Gasteiger partial charge in [-0.25, -0.2) is 0 Å². The average molecular weight is 189 g/mol. The fourth-order valence-electron chi connectivity index (χ4n) is 1.42. The van der Waals surface area contributed by atoms with Crippen LogP contribution in [-0.2, 0) is 0 Å². The first kappa shape index (κ1) is 12.3. The highest BCUT2D eigenvalue weighted by atomic mass is 32.1. The lowest BCUT2D eigenvalue weighted by Crippen LogP contribution is -2.34. The molecule has 0 amide bonds. The number of rotatable bonds is 7. The van der Waals surface area contributed by atoms with Crippen molar-refractivity contribution in [2.24, 2.45) is 0 Å². The van der Waals surface area contributed by atoms with E-state index in [4.69, 9.17) is 0 Å². The highest BCUT2D eigenvalue weighted by Crippen LogP contribution is 2.06. The second-order valence-corrected chi connectivity index (χ2v) is 3.79. The van der Waals surface area contributed by atoms with Crippen LogP contribution in [0.3, 0.4) is 0 Å². The molecule has 0 spiro atoms. The summed E-state index contributed by atoms with van der Waals surface area (Å²) in [4.78, 5) is 2.54. The summed E-state index contributed by atoms with van der Waals surface area (Å²) in [7, 11) is 0. The first-order valence-corrected chi connectivity index (χ1v) is 5.74. The van der Waals surface area contributed by atoms with Crippen LogP contribution in [0, 0.1) is 0 Å². The molecule has 0 aromatic heterocycles. The second kappa shape index (κ2) is 7.93. The first-order valence-electron chi connectivity index (χ1n) is 5.11. The predicted octanol–water partition coefficient (Wildman–Crippen LogP) is 2.82. The Morgan fingerprint density at radius 1 is 1.33 bits per heavy atom. The van der Waals surface area contributed by atoms with Crippen LogP contribution in [0.2, 0.25) is 0 Å². The van der Waals surface area contributed by atoms with Crippen molar-refractivity contribution in [2.75, 3.05) is 18.8 Å². The summed E-state index contributed by atoms with van der Waals surface area (Å²) in [5.74, 6) is 1.00. The van der Waals surface area contributed by atoms with Crippen LogP contribution in [0.4, 0.5) is 0 Å². The molecular weight excluding hydrogens is 166 g/mol. The summed E-state index contributed by atoms with van der Waals surface area (Å²) in [5, 5.41) is 0. The summed E-state index contributed by atoms with van der Waals surface area (Å²) in [6.45, 7) is 9.22. The Hall–Kier alpha value is 0.310. The molecular formula is C10H23NS. The third kappa shape index (κ3) is 5.04. The molecule has 0 N–H and O–H groups in total. The fourth-order valence-corrected chi connectivity index (χ4v) is 1.79. The molecule has 0 aromatic carbocycles. The Morgan fingerprint density at radius 2 is 2.00 bits per heavy atom. The molecule has 0 heterocycles. The topological polar surface area (TPSA) is 3.24 Å². The zero-order valence-corrected chi connectivity index (χ0v) is 9.61. The van der Waals surface area contributed by atoms with Crippen molar-refractivity contribution in [2.45, 2.75) is 46.1 Å². The maximum Gasteiger partial charge on any atom is 0.00745 e. The smallest absolute Gasteiger partial charge is 0.00745 e. The Kier molecular flexibility index (Phi) is 8.14. The number of hydrogen-bond acceptors (Lipinski definition) is 2. The highest BCUT2D eigenvalue weighted by molar-refractivity contribution is 7.80. The van der Waals surface area contributed by atoms with Crippen LogP contribution in [-0.4, -0.2) is 29.8 Å². The normalized spacial score (nSPS) is 13.8. The van der Waals surface area contributed by atoms with Gasteiger partial charge in [0.15, 0.2) is 0 Å². The monoisotopic (exact) mass is 189 g/mol. The molecule has 0 saturated carbocycles.